The molecule has 2 rings (SSSR count). The maximum Gasteiger partial charge on any atom is 0.331 e. The van der Waals surface area contributed by atoms with Crippen LogP contribution in [0.25, 0.3) is 6.08 Å². The number of ether oxygens (including phenoxy) is 3. The van der Waals surface area contributed by atoms with Gasteiger partial charge in [-0.05, 0) is 43.2 Å². The van der Waals surface area contributed by atoms with Crippen LogP contribution >= 0.6 is 11.6 Å². The lowest BCUT2D eigenvalue weighted by molar-refractivity contribution is -0.144. The van der Waals surface area contributed by atoms with Crippen molar-refractivity contribution in [3.8, 4) is 11.5 Å². The molecule has 2 aromatic carbocycles. The normalized spacial score (nSPS) is 11.7. The summed E-state index contributed by atoms with van der Waals surface area (Å²) in [5.74, 6) is -0.117. The van der Waals surface area contributed by atoms with Gasteiger partial charge in [0.1, 0.15) is 0 Å². The molecule has 0 radical (unpaired) electrons. The van der Waals surface area contributed by atoms with Crippen LogP contribution in [0.15, 0.2) is 48.5 Å². The molecule has 0 aliphatic rings. The molecule has 6 nitrogen and oxygen atoms in total. The lowest BCUT2D eigenvalue weighted by atomic mass is 10.1. The Morgan fingerprint density at radius 3 is 2.59 bits per heavy atom. The Balaban J connectivity index is 1.90. The fourth-order valence-corrected chi connectivity index (χ4v) is 2.90. The zero-order chi connectivity index (χ0) is 21.2. The summed E-state index contributed by atoms with van der Waals surface area (Å²) in [5, 5.41) is 3.14. The molecule has 0 saturated heterocycles. The topological polar surface area (TPSA) is 73.9 Å². The molecule has 154 valence electrons. The standard InChI is InChI=1S/C22H24ClNO5/c1-4-28-19-13-16(12-18(23)22(19)27-3)10-11-21(26)29-14-20(25)24-15(2)17-8-6-5-7-9-17/h5-13,15H,4,14H2,1-3H3,(H,24,25)/b11-10+/t15-/m0/s1. The fraction of sp³-hybridized carbons (Fsp3) is 0.273. The Morgan fingerprint density at radius 2 is 1.93 bits per heavy atom. The van der Waals surface area contributed by atoms with Gasteiger partial charge in [0, 0.05) is 6.08 Å². The van der Waals surface area contributed by atoms with Crippen molar-refractivity contribution in [2.75, 3.05) is 20.3 Å². The van der Waals surface area contributed by atoms with Gasteiger partial charge in [0.25, 0.3) is 5.91 Å². The van der Waals surface area contributed by atoms with Crippen LogP contribution < -0.4 is 14.8 Å². The molecule has 0 spiro atoms. The molecule has 29 heavy (non-hydrogen) atoms. The van der Waals surface area contributed by atoms with E-state index in [2.05, 4.69) is 5.32 Å². The quantitative estimate of drug-likeness (QED) is 0.489. The van der Waals surface area contributed by atoms with Crippen molar-refractivity contribution in [2.45, 2.75) is 19.9 Å². The zero-order valence-electron chi connectivity index (χ0n) is 16.6. The Kier molecular flexibility index (Phi) is 8.55. The second kappa shape index (κ2) is 11.1. The molecular weight excluding hydrogens is 394 g/mol. The van der Waals surface area contributed by atoms with Crippen LogP contribution in [0.5, 0.6) is 11.5 Å². The highest BCUT2D eigenvalue weighted by Crippen LogP contribution is 2.36. The lowest BCUT2D eigenvalue weighted by Crippen LogP contribution is -2.30. The van der Waals surface area contributed by atoms with Crippen LogP contribution in [0.3, 0.4) is 0 Å². The smallest absolute Gasteiger partial charge is 0.331 e. The van der Waals surface area contributed by atoms with Gasteiger partial charge in [-0.3, -0.25) is 4.79 Å². The van der Waals surface area contributed by atoms with Crippen molar-refractivity contribution in [3.05, 3.63) is 64.7 Å². The summed E-state index contributed by atoms with van der Waals surface area (Å²) in [6.07, 6.45) is 2.75. The summed E-state index contributed by atoms with van der Waals surface area (Å²) in [4.78, 5) is 23.9. The minimum absolute atomic E-state index is 0.184. The van der Waals surface area contributed by atoms with Crippen LogP contribution in [0.1, 0.15) is 31.0 Å². The first-order chi connectivity index (χ1) is 13.9. The Labute approximate surface area is 175 Å². The van der Waals surface area contributed by atoms with Crippen molar-refractivity contribution in [2.24, 2.45) is 0 Å². The first kappa shape index (κ1) is 22.3. The zero-order valence-corrected chi connectivity index (χ0v) is 17.4. The van der Waals surface area contributed by atoms with E-state index in [-0.39, 0.29) is 18.6 Å². The van der Waals surface area contributed by atoms with Gasteiger partial charge >= 0.3 is 5.97 Å². The predicted molar refractivity (Wildman–Crippen MR) is 112 cm³/mol. The number of nitrogens with one attached hydrogen (secondary N) is 1. The number of halogens is 1. The van der Waals surface area contributed by atoms with Gasteiger partial charge in [0.2, 0.25) is 0 Å². The molecular formula is C22H24ClNO5. The summed E-state index contributed by atoms with van der Waals surface area (Å²) in [6.45, 7) is 3.78. The Hall–Kier alpha value is -2.99. The molecule has 1 atom stereocenters. The van der Waals surface area contributed by atoms with Crippen molar-refractivity contribution < 1.29 is 23.8 Å². The van der Waals surface area contributed by atoms with Crippen LogP contribution in [0, 0.1) is 0 Å². The molecule has 0 saturated carbocycles. The van der Waals surface area contributed by atoms with E-state index in [0.717, 1.165) is 5.56 Å². The number of amides is 1. The molecule has 0 heterocycles. The van der Waals surface area contributed by atoms with E-state index in [4.69, 9.17) is 25.8 Å². The maximum absolute atomic E-state index is 12.0. The highest BCUT2D eigenvalue weighted by Gasteiger charge is 2.12. The highest BCUT2D eigenvalue weighted by atomic mass is 35.5. The molecule has 0 bridgehead atoms. The Morgan fingerprint density at radius 1 is 1.21 bits per heavy atom. The number of esters is 1. The van der Waals surface area contributed by atoms with Gasteiger partial charge < -0.3 is 19.5 Å². The third-order valence-corrected chi connectivity index (χ3v) is 4.25. The average Bonchev–Trinajstić information content (AvgIpc) is 2.71. The number of methoxy groups -OCH3 is 1. The third-order valence-electron chi connectivity index (χ3n) is 3.97. The molecule has 2 aromatic rings. The minimum atomic E-state index is -0.641. The molecule has 0 aliphatic carbocycles. The van der Waals surface area contributed by atoms with E-state index < -0.39 is 5.97 Å². The van der Waals surface area contributed by atoms with Crippen LogP contribution in [0.4, 0.5) is 0 Å². The number of hydrogen-bond donors (Lipinski definition) is 1. The number of benzene rings is 2. The summed E-state index contributed by atoms with van der Waals surface area (Å²) >= 11 is 6.18. The van der Waals surface area contributed by atoms with Crippen molar-refractivity contribution in [1.29, 1.82) is 0 Å². The van der Waals surface area contributed by atoms with Crippen molar-refractivity contribution in [3.63, 3.8) is 0 Å². The molecule has 1 N–H and O–H groups in total. The average molecular weight is 418 g/mol. The second-order valence-electron chi connectivity index (χ2n) is 6.11. The van der Waals surface area contributed by atoms with Gasteiger partial charge in [0.05, 0.1) is 24.8 Å². The molecule has 0 fully saturated rings. The predicted octanol–water partition coefficient (Wildman–Crippen LogP) is 4.18. The minimum Gasteiger partial charge on any atom is -0.491 e. The third kappa shape index (κ3) is 6.84. The Bertz CT molecular complexity index is 867. The van der Waals surface area contributed by atoms with Crippen molar-refractivity contribution in [1.82, 2.24) is 5.32 Å². The number of carbonyl (C=O) groups excluding carboxylic acids is 2. The van der Waals surface area contributed by atoms with Gasteiger partial charge in [0.15, 0.2) is 18.1 Å². The number of hydrogen-bond acceptors (Lipinski definition) is 5. The molecule has 0 aromatic heterocycles. The van der Waals surface area contributed by atoms with Gasteiger partial charge in [-0.25, -0.2) is 4.79 Å². The largest absolute Gasteiger partial charge is 0.491 e. The maximum atomic E-state index is 12.0. The second-order valence-corrected chi connectivity index (χ2v) is 6.52. The number of rotatable bonds is 9. The first-order valence-electron chi connectivity index (χ1n) is 9.14. The van der Waals surface area contributed by atoms with Crippen LogP contribution in [0.2, 0.25) is 5.02 Å². The summed E-state index contributed by atoms with van der Waals surface area (Å²) in [5.41, 5.74) is 1.60. The van der Waals surface area contributed by atoms with Gasteiger partial charge in [-0.15, -0.1) is 0 Å². The van der Waals surface area contributed by atoms with E-state index in [1.54, 1.807) is 12.1 Å². The van der Waals surface area contributed by atoms with Crippen LogP contribution in [-0.2, 0) is 14.3 Å². The van der Waals surface area contributed by atoms with Gasteiger partial charge in [-0.2, -0.15) is 0 Å². The number of carbonyl (C=O) groups is 2. The summed E-state index contributed by atoms with van der Waals surface area (Å²) in [7, 11) is 1.50. The fourth-order valence-electron chi connectivity index (χ4n) is 2.60. The molecule has 1 amide bonds. The van der Waals surface area contributed by atoms with E-state index in [1.807, 2.05) is 44.2 Å². The molecule has 0 aliphatic heterocycles. The SMILES string of the molecule is CCOc1cc(/C=C/C(=O)OCC(=O)N[C@@H](C)c2ccccc2)cc(Cl)c1OC. The summed E-state index contributed by atoms with van der Waals surface area (Å²) in [6, 6.07) is 12.7. The monoisotopic (exact) mass is 417 g/mol. The van der Waals surface area contributed by atoms with E-state index >= 15 is 0 Å². The van der Waals surface area contributed by atoms with E-state index in [9.17, 15) is 9.59 Å². The van der Waals surface area contributed by atoms with E-state index in [0.29, 0.717) is 28.7 Å². The molecule has 0 unspecified atom stereocenters. The van der Waals surface area contributed by atoms with E-state index in [1.165, 1.54) is 19.3 Å². The lowest BCUT2D eigenvalue weighted by Gasteiger charge is -2.14. The summed E-state index contributed by atoms with van der Waals surface area (Å²) < 4.78 is 15.7. The van der Waals surface area contributed by atoms with Gasteiger partial charge in [-0.1, -0.05) is 41.9 Å². The van der Waals surface area contributed by atoms with Crippen molar-refractivity contribution >= 4 is 29.6 Å². The first-order valence-corrected chi connectivity index (χ1v) is 9.51. The molecule has 7 heteroatoms. The van der Waals surface area contributed by atoms with Crippen LogP contribution in [-0.4, -0.2) is 32.2 Å². The highest BCUT2D eigenvalue weighted by molar-refractivity contribution is 6.32.